The number of carbonyl (C=O) groups is 1. The summed E-state index contributed by atoms with van der Waals surface area (Å²) in [6.07, 6.45) is 1.39. The van der Waals surface area contributed by atoms with Crippen LogP contribution in [0.15, 0.2) is 11.6 Å². The van der Waals surface area contributed by atoms with Crippen LogP contribution in [0.25, 0.3) is 0 Å². The molecule has 2 heterocycles. The van der Waals surface area contributed by atoms with Crippen molar-refractivity contribution in [3.63, 3.8) is 0 Å². The highest BCUT2D eigenvalue weighted by molar-refractivity contribution is 5.85. The molecule has 2 atom stereocenters. The first-order valence-electron chi connectivity index (χ1n) is 7.01. The van der Waals surface area contributed by atoms with E-state index < -0.39 is 12.1 Å². The Morgan fingerprint density at radius 1 is 1.23 bits per heavy atom. The van der Waals surface area contributed by atoms with Crippen LogP contribution >= 0.6 is 0 Å². The fourth-order valence-electron chi connectivity index (χ4n) is 0.841. The molecule has 2 saturated heterocycles. The molecule has 2 fully saturated rings. The van der Waals surface area contributed by atoms with Crippen molar-refractivity contribution in [2.45, 2.75) is 32.2 Å². The van der Waals surface area contributed by atoms with E-state index in [4.69, 9.17) is 34.6 Å². The number of aliphatic hydroxyl groups is 3. The Hall–Kier alpha value is -1.03. The van der Waals surface area contributed by atoms with Gasteiger partial charge in [-0.1, -0.05) is 6.08 Å². The monoisotopic (exact) mass is 322 g/mol. The summed E-state index contributed by atoms with van der Waals surface area (Å²) in [5.41, 5.74) is 0.389. The highest BCUT2D eigenvalue weighted by atomic mass is 16.6. The predicted molar refractivity (Wildman–Crippen MR) is 77.5 cm³/mol. The van der Waals surface area contributed by atoms with Crippen LogP contribution in [-0.4, -0.2) is 84.3 Å². The molecule has 8 heteroatoms. The topological polar surface area (TPSA) is 132 Å². The van der Waals surface area contributed by atoms with E-state index in [2.05, 4.69) is 0 Å². The zero-order valence-electron chi connectivity index (χ0n) is 13.0. The van der Waals surface area contributed by atoms with Gasteiger partial charge in [-0.05, 0) is 13.8 Å². The van der Waals surface area contributed by atoms with E-state index in [0.717, 1.165) is 26.4 Å². The molecular formula is C14H26O8. The summed E-state index contributed by atoms with van der Waals surface area (Å²) in [5.74, 6) is -0.845. The van der Waals surface area contributed by atoms with E-state index in [9.17, 15) is 4.79 Å². The molecule has 0 amide bonds. The maximum Gasteiger partial charge on any atom is 0.330 e. The van der Waals surface area contributed by atoms with Crippen molar-refractivity contribution in [2.24, 2.45) is 0 Å². The Bertz CT molecular complexity index is 307. The van der Waals surface area contributed by atoms with Gasteiger partial charge in [0.05, 0.1) is 39.6 Å². The number of aliphatic carboxylic acids is 1. The number of hydrogen-bond donors (Lipinski definition) is 4. The van der Waals surface area contributed by atoms with Crippen LogP contribution in [0.2, 0.25) is 0 Å². The number of epoxide rings is 2. The predicted octanol–water partition coefficient (Wildman–Crippen LogP) is -0.830. The Kier molecular flexibility index (Phi) is 11.9. The van der Waals surface area contributed by atoms with Crippen LogP contribution in [0.5, 0.6) is 0 Å². The molecular weight excluding hydrogens is 296 g/mol. The van der Waals surface area contributed by atoms with Crippen molar-refractivity contribution in [2.75, 3.05) is 39.6 Å². The third-order valence-electron chi connectivity index (χ3n) is 2.60. The van der Waals surface area contributed by atoms with Crippen molar-refractivity contribution in [1.82, 2.24) is 0 Å². The highest BCUT2D eigenvalue weighted by Crippen LogP contribution is 2.12. The number of hydrogen-bond acceptors (Lipinski definition) is 7. The summed E-state index contributed by atoms with van der Waals surface area (Å²) >= 11 is 0. The standard InChI is InChI=1S/C6H10O3.C5H8O2.C3H8O3/c1(5-3-8-5)7-2-6-4-9-6;1-3-4(2)5(6)7;4-1-3(6)2-5/h5-6H,1-4H2;3H,1-2H3,(H,6,7);3-6H,1-2H2. The molecule has 0 radical (unpaired) electrons. The minimum Gasteiger partial charge on any atom is -0.478 e. The quantitative estimate of drug-likeness (QED) is 0.353. The molecule has 2 unspecified atom stereocenters. The Morgan fingerprint density at radius 3 is 1.77 bits per heavy atom. The Balaban J connectivity index is 0.000000311. The minimum absolute atomic E-state index is 0.365. The third kappa shape index (κ3) is 13.9. The average molecular weight is 322 g/mol. The first kappa shape index (κ1) is 21.0. The van der Waals surface area contributed by atoms with Gasteiger partial charge in [0, 0.05) is 5.57 Å². The molecule has 2 aliphatic heterocycles. The third-order valence-corrected chi connectivity index (χ3v) is 2.60. The lowest BCUT2D eigenvalue weighted by Crippen LogP contribution is -2.15. The van der Waals surface area contributed by atoms with E-state index >= 15 is 0 Å². The summed E-state index contributed by atoms with van der Waals surface area (Å²) in [6.45, 7) is 5.79. The number of rotatable bonds is 7. The molecule has 2 aliphatic rings. The van der Waals surface area contributed by atoms with Gasteiger partial charge in [0.25, 0.3) is 0 Å². The number of carboxylic acids is 1. The second kappa shape index (κ2) is 12.5. The smallest absolute Gasteiger partial charge is 0.330 e. The zero-order chi connectivity index (χ0) is 17.0. The van der Waals surface area contributed by atoms with E-state index in [0.29, 0.717) is 17.8 Å². The maximum absolute atomic E-state index is 9.86. The number of allylic oxidation sites excluding steroid dienone is 1. The van der Waals surface area contributed by atoms with Crippen molar-refractivity contribution in [3.8, 4) is 0 Å². The van der Waals surface area contributed by atoms with Crippen LogP contribution in [0, 0.1) is 0 Å². The maximum atomic E-state index is 9.86. The van der Waals surface area contributed by atoms with Gasteiger partial charge in [0.2, 0.25) is 0 Å². The Morgan fingerprint density at radius 2 is 1.64 bits per heavy atom. The molecule has 0 aromatic carbocycles. The molecule has 22 heavy (non-hydrogen) atoms. The fraction of sp³-hybridized carbons (Fsp3) is 0.786. The van der Waals surface area contributed by atoms with E-state index in [1.54, 1.807) is 19.9 Å². The second-order valence-corrected chi connectivity index (χ2v) is 4.74. The molecule has 2 rings (SSSR count). The SMILES string of the molecule is C(OCC1CO1)C1CO1.CC=C(C)C(=O)O.OCC(O)CO. The lowest BCUT2D eigenvalue weighted by atomic mass is 10.3. The molecule has 8 nitrogen and oxygen atoms in total. The first-order chi connectivity index (χ1) is 10.4. The molecule has 0 aromatic heterocycles. The van der Waals surface area contributed by atoms with E-state index in [-0.39, 0.29) is 13.2 Å². The van der Waals surface area contributed by atoms with E-state index in [1.807, 2.05) is 0 Å². The van der Waals surface area contributed by atoms with Crippen molar-refractivity contribution < 1.29 is 39.4 Å². The first-order valence-corrected chi connectivity index (χ1v) is 7.01. The van der Waals surface area contributed by atoms with Crippen LogP contribution in [0.4, 0.5) is 0 Å². The zero-order valence-corrected chi connectivity index (χ0v) is 13.0. The van der Waals surface area contributed by atoms with Gasteiger partial charge in [-0.15, -0.1) is 0 Å². The van der Waals surface area contributed by atoms with Crippen LogP contribution < -0.4 is 0 Å². The number of aliphatic hydroxyl groups excluding tert-OH is 3. The molecule has 0 saturated carbocycles. The fourth-order valence-corrected chi connectivity index (χ4v) is 0.841. The molecule has 0 bridgehead atoms. The number of ether oxygens (including phenoxy) is 3. The van der Waals surface area contributed by atoms with Gasteiger partial charge in [-0.25, -0.2) is 4.79 Å². The van der Waals surface area contributed by atoms with Crippen molar-refractivity contribution in [3.05, 3.63) is 11.6 Å². The summed E-state index contributed by atoms with van der Waals surface area (Å²) in [5, 5.41) is 32.1. The summed E-state index contributed by atoms with van der Waals surface area (Å²) in [4.78, 5) is 9.86. The Labute approximate surface area is 129 Å². The van der Waals surface area contributed by atoms with Gasteiger partial charge in [-0.2, -0.15) is 0 Å². The molecule has 130 valence electrons. The second-order valence-electron chi connectivity index (χ2n) is 4.74. The van der Waals surface area contributed by atoms with Crippen molar-refractivity contribution in [1.29, 1.82) is 0 Å². The largest absolute Gasteiger partial charge is 0.478 e. The van der Waals surface area contributed by atoms with Gasteiger partial charge in [0.15, 0.2) is 0 Å². The average Bonchev–Trinajstić information content (AvgIpc) is 3.41. The molecule has 0 spiro atoms. The van der Waals surface area contributed by atoms with Gasteiger partial charge in [0.1, 0.15) is 18.3 Å². The van der Waals surface area contributed by atoms with Crippen LogP contribution in [0.3, 0.4) is 0 Å². The molecule has 4 N–H and O–H groups in total. The van der Waals surface area contributed by atoms with Crippen LogP contribution in [0.1, 0.15) is 13.8 Å². The van der Waals surface area contributed by atoms with E-state index in [1.165, 1.54) is 0 Å². The summed E-state index contributed by atoms with van der Waals surface area (Å²) in [7, 11) is 0. The van der Waals surface area contributed by atoms with Gasteiger partial charge >= 0.3 is 5.97 Å². The lowest BCUT2D eigenvalue weighted by molar-refractivity contribution is -0.132. The number of carboxylic acid groups (broad SMARTS) is 1. The van der Waals surface area contributed by atoms with Crippen LogP contribution in [-0.2, 0) is 19.0 Å². The highest BCUT2D eigenvalue weighted by Gasteiger charge is 2.26. The van der Waals surface area contributed by atoms with Gasteiger partial charge < -0.3 is 34.6 Å². The normalized spacial score (nSPS) is 22.2. The summed E-state index contributed by atoms with van der Waals surface area (Å²) in [6, 6.07) is 0. The van der Waals surface area contributed by atoms with Gasteiger partial charge in [-0.3, -0.25) is 0 Å². The minimum atomic E-state index is -0.954. The lowest BCUT2D eigenvalue weighted by Gasteiger charge is -1.96. The van der Waals surface area contributed by atoms with Crippen molar-refractivity contribution >= 4 is 5.97 Å². The summed E-state index contributed by atoms with van der Waals surface area (Å²) < 4.78 is 15.1. The molecule has 0 aliphatic carbocycles. The molecule has 0 aromatic rings.